The van der Waals surface area contributed by atoms with E-state index < -0.39 is 0 Å². The van der Waals surface area contributed by atoms with Crippen LogP contribution in [0.4, 0.5) is 0 Å². The molecule has 0 fully saturated rings. The first-order chi connectivity index (χ1) is 8.67. The van der Waals surface area contributed by atoms with E-state index in [1.165, 1.54) is 0 Å². The minimum atomic E-state index is -0.195. The number of ether oxygens (including phenoxy) is 1. The zero-order valence-corrected chi connectivity index (χ0v) is 11.0. The first kappa shape index (κ1) is 14.5. The molecule has 0 aliphatic heterocycles. The number of carbonyl (C=O) groups is 1. The van der Waals surface area contributed by atoms with E-state index in [9.17, 15) is 4.79 Å². The Hall–Kier alpha value is -1.55. The molecule has 0 bridgehead atoms. The lowest BCUT2D eigenvalue weighted by Crippen LogP contribution is -2.35. The van der Waals surface area contributed by atoms with Crippen molar-refractivity contribution in [3.8, 4) is 5.75 Å². The van der Waals surface area contributed by atoms with Crippen LogP contribution in [0.25, 0.3) is 0 Å². The van der Waals surface area contributed by atoms with Crippen LogP contribution >= 0.6 is 0 Å². The molecule has 1 aromatic rings. The Morgan fingerprint density at radius 3 is 2.83 bits per heavy atom. The van der Waals surface area contributed by atoms with Gasteiger partial charge in [0.05, 0.1) is 13.2 Å². The van der Waals surface area contributed by atoms with Crippen LogP contribution in [0.2, 0.25) is 0 Å². The molecule has 2 N–H and O–H groups in total. The van der Waals surface area contributed by atoms with Crippen molar-refractivity contribution in [1.82, 2.24) is 5.32 Å². The fraction of sp³-hybridized carbons (Fsp3) is 0.500. The second-order valence-electron chi connectivity index (χ2n) is 4.19. The van der Waals surface area contributed by atoms with Crippen molar-refractivity contribution >= 4 is 5.91 Å². The fourth-order valence-electron chi connectivity index (χ4n) is 1.65. The molecule has 0 aromatic heterocycles. The Bertz CT molecular complexity index is 379. The summed E-state index contributed by atoms with van der Waals surface area (Å²) in [6.07, 6.45) is 1.04. The number of carbonyl (C=O) groups excluding carboxylic acids is 1. The van der Waals surface area contributed by atoms with Gasteiger partial charge in [-0.2, -0.15) is 0 Å². The van der Waals surface area contributed by atoms with Crippen LogP contribution in [0.3, 0.4) is 0 Å². The maximum absolute atomic E-state index is 11.6. The third kappa shape index (κ3) is 4.75. The number of hydrogen-bond donors (Lipinski definition) is 2. The highest BCUT2D eigenvalue weighted by Crippen LogP contribution is 2.19. The predicted octanol–water partition coefficient (Wildman–Crippen LogP) is 1.51. The summed E-state index contributed by atoms with van der Waals surface area (Å²) in [4.78, 5) is 11.6. The summed E-state index contributed by atoms with van der Waals surface area (Å²) in [5, 5.41) is 11.6. The SMILES string of the molecule is CCOc1ccccc1CCC(=O)NC(C)CO. The van der Waals surface area contributed by atoms with Gasteiger partial charge in [0.25, 0.3) is 0 Å². The summed E-state index contributed by atoms with van der Waals surface area (Å²) in [6, 6.07) is 7.54. The number of amides is 1. The Labute approximate surface area is 108 Å². The van der Waals surface area contributed by atoms with Crippen molar-refractivity contribution in [2.45, 2.75) is 32.7 Å². The number of aryl methyl sites for hydroxylation is 1. The van der Waals surface area contributed by atoms with E-state index in [1.54, 1.807) is 6.92 Å². The fourth-order valence-corrected chi connectivity index (χ4v) is 1.65. The molecule has 18 heavy (non-hydrogen) atoms. The number of para-hydroxylation sites is 1. The minimum absolute atomic E-state index is 0.0404. The summed E-state index contributed by atoms with van der Waals surface area (Å²) in [5.41, 5.74) is 1.03. The Morgan fingerprint density at radius 2 is 2.17 bits per heavy atom. The van der Waals surface area contributed by atoms with E-state index in [2.05, 4.69) is 5.32 Å². The molecule has 0 saturated heterocycles. The monoisotopic (exact) mass is 251 g/mol. The number of aliphatic hydroxyl groups excluding tert-OH is 1. The number of aliphatic hydroxyl groups is 1. The Balaban J connectivity index is 2.50. The van der Waals surface area contributed by atoms with Gasteiger partial charge in [-0.15, -0.1) is 0 Å². The van der Waals surface area contributed by atoms with Gasteiger partial charge in [0.15, 0.2) is 0 Å². The van der Waals surface area contributed by atoms with Crippen molar-refractivity contribution in [3.05, 3.63) is 29.8 Å². The zero-order chi connectivity index (χ0) is 13.4. The third-order valence-corrected chi connectivity index (χ3v) is 2.58. The second-order valence-corrected chi connectivity index (χ2v) is 4.19. The molecule has 4 heteroatoms. The van der Waals surface area contributed by atoms with E-state index in [-0.39, 0.29) is 18.6 Å². The van der Waals surface area contributed by atoms with Crippen molar-refractivity contribution in [2.24, 2.45) is 0 Å². The largest absolute Gasteiger partial charge is 0.494 e. The molecule has 0 saturated carbocycles. The highest BCUT2D eigenvalue weighted by molar-refractivity contribution is 5.76. The molecule has 1 aromatic carbocycles. The predicted molar refractivity (Wildman–Crippen MR) is 70.6 cm³/mol. The average Bonchev–Trinajstić information content (AvgIpc) is 2.38. The lowest BCUT2D eigenvalue weighted by atomic mass is 10.1. The highest BCUT2D eigenvalue weighted by atomic mass is 16.5. The molecule has 0 heterocycles. The lowest BCUT2D eigenvalue weighted by Gasteiger charge is -2.12. The normalized spacial score (nSPS) is 11.9. The summed E-state index contributed by atoms with van der Waals surface area (Å²) in [5.74, 6) is 0.783. The number of rotatable bonds is 7. The Morgan fingerprint density at radius 1 is 1.44 bits per heavy atom. The maximum atomic E-state index is 11.6. The minimum Gasteiger partial charge on any atom is -0.494 e. The maximum Gasteiger partial charge on any atom is 0.220 e. The molecular weight excluding hydrogens is 230 g/mol. The molecular formula is C14H21NO3. The van der Waals surface area contributed by atoms with Gasteiger partial charge >= 0.3 is 0 Å². The van der Waals surface area contributed by atoms with E-state index >= 15 is 0 Å². The van der Waals surface area contributed by atoms with Crippen molar-refractivity contribution in [1.29, 1.82) is 0 Å². The van der Waals surface area contributed by atoms with Crippen LogP contribution in [0.5, 0.6) is 5.75 Å². The summed E-state index contributed by atoms with van der Waals surface area (Å²) in [7, 11) is 0. The topological polar surface area (TPSA) is 58.6 Å². The van der Waals surface area contributed by atoms with Crippen molar-refractivity contribution < 1.29 is 14.6 Å². The van der Waals surface area contributed by atoms with Gasteiger partial charge in [-0.3, -0.25) is 4.79 Å². The third-order valence-electron chi connectivity index (χ3n) is 2.58. The number of hydrogen-bond acceptors (Lipinski definition) is 3. The van der Waals surface area contributed by atoms with Crippen LogP contribution in [0.15, 0.2) is 24.3 Å². The molecule has 1 unspecified atom stereocenters. The summed E-state index contributed by atoms with van der Waals surface area (Å²) >= 11 is 0. The molecule has 0 radical (unpaired) electrons. The van der Waals surface area contributed by atoms with E-state index in [0.29, 0.717) is 19.4 Å². The van der Waals surface area contributed by atoms with Gasteiger partial charge in [-0.1, -0.05) is 18.2 Å². The highest BCUT2D eigenvalue weighted by Gasteiger charge is 2.08. The molecule has 0 aliphatic carbocycles. The number of nitrogens with one attached hydrogen (secondary N) is 1. The van der Waals surface area contributed by atoms with Crippen molar-refractivity contribution in [3.63, 3.8) is 0 Å². The van der Waals surface area contributed by atoms with Crippen molar-refractivity contribution in [2.75, 3.05) is 13.2 Å². The smallest absolute Gasteiger partial charge is 0.220 e. The molecule has 1 rings (SSSR count). The van der Waals surface area contributed by atoms with Crippen LogP contribution < -0.4 is 10.1 Å². The van der Waals surface area contributed by atoms with Crippen LogP contribution in [-0.2, 0) is 11.2 Å². The van der Waals surface area contributed by atoms with Crippen LogP contribution in [0.1, 0.15) is 25.8 Å². The molecule has 1 amide bonds. The molecule has 1 atom stereocenters. The number of benzene rings is 1. The van der Waals surface area contributed by atoms with E-state index in [1.807, 2.05) is 31.2 Å². The quantitative estimate of drug-likeness (QED) is 0.772. The summed E-state index contributed by atoms with van der Waals surface area (Å²) < 4.78 is 5.50. The second kappa shape index (κ2) is 7.71. The first-order valence-corrected chi connectivity index (χ1v) is 6.28. The molecule has 4 nitrogen and oxygen atoms in total. The van der Waals surface area contributed by atoms with Crippen LogP contribution in [0, 0.1) is 0 Å². The van der Waals surface area contributed by atoms with E-state index in [4.69, 9.17) is 9.84 Å². The first-order valence-electron chi connectivity index (χ1n) is 6.28. The van der Waals surface area contributed by atoms with Gasteiger partial charge < -0.3 is 15.2 Å². The van der Waals surface area contributed by atoms with Gasteiger partial charge in [0.1, 0.15) is 5.75 Å². The molecule has 0 spiro atoms. The van der Waals surface area contributed by atoms with Crippen LogP contribution in [-0.4, -0.2) is 30.3 Å². The zero-order valence-electron chi connectivity index (χ0n) is 11.0. The summed E-state index contributed by atoms with van der Waals surface area (Å²) in [6.45, 7) is 4.28. The Kier molecular flexibility index (Phi) is 6.22. The lowest BCUT2D eigenvalue weighted by molar-refractivity contribution is -0.121. The van der Waals surface area contributed by atoms with E-state index in [0.717, 1.165) is 11.3 Å². The van der Waals surface area contributed by atoms with Gasteiger partial charge in [-0.05, 0) is 31.9 Å². The standard InChI is InChI=1S/C14H21NO3/c1-3-18-13-7-5-4-6-12(13)8-9-14(17)15-11(2)10-16/h4-7,11,16H,3,8-10H2,1-2H3,(H,15,17). The van der Waals surface area contributed by atoms with Gasteiger partial charge in [-0.25, -0.2) is 0 Å². The molecule has 100 valence electrons. The van der Waals surface area contributed by atoms with Gasteiger partial charge in [0.2, 0.25) is 5.91 Å². The average molecular weight is 251 g/mol. The molecule has 0 aliphatic rings. The van der Waals surface area contributed by atoms with Gasteiger partial charge in [0, 0.05) is 12.5 Å².